The molecule has 2 rings (SSSR count). The highest BCUT2D eigenvalue weighted by molar-refractivity contribution is 14.0. The molecule has 142 valence electrons. The van der Waals surface area contributed by atoms with Gasteiger partial charge in [0.1, 0.15) is 5.82 Å². The summed E-state index contributed by atoms with van der Waals surface area (Å²) in [7, 11) is 1.79. The molecule has 0 saturated heterocycles. The van der Waals surface area contributed by atoms with Crippen molar-refractivity contribution in [2.75, 3.05) is 25.0 Å². The van der Waals surface area contributed by atoms with Crippen LogP contribution in [-0.4, -0.2) is 31.1 Å². The van der Waals surface area contributed by atoms with Crippen molar-refractivity contribution in [3.8, 4) is 0 Å². The van der Waals surface area contributed by atoms with E-state index in [2.05, 4.69) is 70.5 Å². The number of guanidine groups is 1. The lowest BCUT2D eigenvalue weighted by molar-refractivity contribution is 0.685. The smallest absolute Gasteiger partial charge is 0.191 e. The fourth-order valence-corrected chi connectivity index (χ4v) is 2.67. The summed E-state index contributed by atoms with van der Waals surface area (Å²) in [5, 5.41) is 6.76. The molecule has 1 heterocycles. The summed E-state index contributed by atoms with van der Waals surface area (Å²) in [5.41, 5.74) is 2.36. The highest BCUT2D eigenvalue weighted by atomic mass is 127. The topological polar surface area (TPSA) is 52.5 Å². The van der Waals surface area contributed by atoms with Crippen molar-refractivity contribution in [3.05, 3.63) is 59.8 Å². The minimum absolute atomic E-state index is 0. The fourth-order valence-electron chi connectivity index (χ4n) is 2.67. The number of nitrogens with zero attached hydrogens (tertiary/aromatic N) is 3. The van der Waals surface area contributed by atoms with Crippen LogP contribution < -0.4 is 15.5 Å². The monoisotopic (exact) mass is 467 g/mol. The molecule has 1 unspecified atom stereocenters. The van der Waals surface area contributed by atoms with Gasteiger partial charge in [-0.05, 0) is 38.0 Å². The summed E-state index contributed by atoms with van der Waals surface area (Å²) in [4.78, 5) is 11.1. The molecule has 1 aromatic heterocycles. The van der Waals surface area contributed by atoms with Gasteiger partial charge in [0.15, 0.2) is 5.96 Å². The second kappa shape index (κ2) is 11.7. The number of benzene rings is 1. The van der Waals surface area contributed by atoms with Crippen molar-refractivity contribution in [2.24, 2.45) is 4.99 Å². The number of hydrogen-bond acceptors (Lipinski definition) is 3. The molecular formula is C20H30IN5. The van der Waals surface area contributed by atoms with Gasteiger partial charge in [0.25, 0.3) is 0 Å². The average molecular weight is 467 g/mol. The molecule has 0 aliphatic heterocycles. The molecule has 0 amide bonds. The van der Waals surface area contributed by atoms with E-state index in [-0.39, 0.29) is 30.0 Å². The zero-order chi connectivity index (χ0) is 18.1. The Hall–Kier alpha value is -1.83. The first-order chi connectivity index (χ1) is 12.2. The number of aliphatic imine (C=N–C) groups is 1. The van der Waals surface area contributed by atoms with Crippen LogP contribution in [0, 0.1) is 0 Å². The van der Waals surface area contributed by atoms with Crippen molar-refractivity contribution < 1.29 is 0 Å². The second-order valence-corrected chi connectivity index (χ2v) is 5.90. The van der Waals surface area contributed by atoms with E-state index in [9.17, 15) is 0 Å². The van der Waals surface area contributed by atoms with Gasteiger partial charge in [-0.25, -0.2) is 4.98 Å². The fraction of sp³-hybridized carbons (Fsp3) is 0.400. The van der Waals surface area contributed by atoms with E-state index in [0.29, 0.717) is 6.54 Å². The highest BCUT2D eigenvalue weighted by Crippen LogP contribution is 2.12. The van der Waals surface area contributed by atoms with E-state index in [1.54, 1.807) is 7.05 Å². The Kier molecular flexibility index (Phi) is 10.0. The van der Waals surface area contributed by atoms with Gasteiger partial charge in [0.05, 0.1) is 6.04 Å². The Balaban J connectivity index is 0.00000338. The summed E-state index contributed by atoms with van der Waals surface area (Å²) in [5.74, 6) is 1.80. The Labute approximate surface area is 174 Å². The lowest BCUT2D eigenvalue weighted by Crippen LogP contribution is -2.38. The van der Waals surface area contributed by atoms with Crippen molar-refractivity contribution in [1.29, 1.82) is 0 Å². The van der Waals surface area contributed by atoms with Crippen LogP contribution in [0.15, 0.2) is 53.7 Å². The Morgan fingerprint density at radius 1 is 1.12 bits per heavy atom. The van der Waals surface area contributed by atoms with Gasteiger partial charge in [-0.1, -0.05) is 36.4 Å². The largest absolute Gasteiger partial charge is 0.357 e. The summed E-state index contributed by atoms with van der Waals surface area (Å²) in [6.07, 6.45) is 1.93. The van der Waals surface area contributed by atoms with Crippen LogP contribution in [0.2, 0.25) is 0 Å². The Bertz CT molecular complexity index is 654. The van der Waals surface area contributed by atoms with Crippen molar-refractivity contribution in [1.82, 2.24) is 15.6 Å². The first kappa shape index (κ1) is 22.2. The molecule has 0 aliphatic rings. The molecule has 2 N–H and O–H groups in total. The first-order valence-corrected chi connectivity index (χ1v) is 8.89. The molecule has 2 aromatic rings. The zero-order valence-electron chi connectivity index (χ0n) is 16.1. The Morgan fingerprint density at radius 3 is 2.35 bits per heavy atom. The van der Waals surface area contributed by atoms with E-state index in [0.717, 1.165) is 30.4 Å². The van der Waals surface area contributed by atoms with Crippen LogP contribution in [0.4, 0.5) is 5.82 Å². The maximum Gasteiger partial charge on any atom is 0.191 e. The molecule has 0 spiro atoms. The zero-order valence-corrected chi connectivity index (χ0v) is 18.4. The maximum absolute atomic E-state index is 4.56. The van der Waals surface area contributed by atoms with Crippen LogP contribution in [0.25, 0.3) is 0 Å². The third-order valence-electron chi connectivity index (χ3n) is 4.23. The average Bonchev–Trinajstić information content (AvgIpc) is 2.67. The number of aromatic nitrogens is 1. The molecule has 1 aromatic carbocycles. The van der Waals surface area contributed by atoms with Crippen LogP contribution in [0.3, 0.4) is 0 Å². The van der Waals surface area contributed by atoms with Crippen molar-refractivity contribution >= 4 is 35.8 Å². The van der Waals surface area contributed by atoms with Gasteiger partial charge >= 0.3 is 0 Å². The lowest BCUT2D eigenvalue weighted by Gasteiger charge is -2.20. The van der Waals surface area contributed by atoms with Crippen LogP contribution in [-0.2, 0) is 6.54 Å². The number of nitrogens with one attached hydrogen (secondary N) is 2. The molecule has 5 nitrogen and oxygen atoms in total. The lowest BCUT2D eigenvalue weighted by atomic mass is 10.1. The summed E-state index contributed by atoms with van der Waals surface area (Å²) < 4.78 is 0. The highest BCUT2D eigenvalue weighted by Gasteiger charge is 2.07. The van der Waals surface area contributed by atoms with Crippen LogP contribution in [0.5, 0.6) is 0 Å². The van der Waals surface area contributed by atoms with Crippen molar-refractivity contribution in [3.63, 3.8) is 0 Å². The second-order valence-electron chi connectivity index (χ2n) is 5.90. The predicted molar refractivity (Wildman–Crippen MR) is 121 cm³/mol. The summed E-state index contributed by atoms with van der Waals surface area (Å²) in [6, 6.07) is 14.7. The third kappa shape index (κ3) is 6.48. The summed E-state index contributed by atoms with van der Waals surface area (Å²) >= 11 is 0. The SMILES string of the molecule is CCN(CC)c1ccc(CNC(=NC)NC(C)c2ccccc2)cn1.I. The van der Waals surface area contributed by atoms with Crippen LogP contribution >= 0.6 is 24.0 Å². The molecule has 0 radical (unpaired) electrons. The van der Waals surface area contributed by atoms with Gasteiger partial charge in [-0.2, -0.15) is 0 Å². The van der Waals surface area contributed by atoms with Gasteiger partial charge in [-0.15, -0.1) is 24.0 Å². The standard InChI is InChI=1S/C20H29N5.HI/c1-5-25(6-2)19-13-12-17(14-22-19)15-23-20(21-4)24-16(3)18-10-8-7-9-11-18;/h7-14,16H,5-6,15H2,1-4H3,(H2,21,23,24);1H. The molecule has 0 fully saturated rings. The third-order valence-corrected chi connectivity index (χ3v) is 4.23. The van der Waals surface area contributed by atoms with E-state index >= 15 is 0 Å². The number of rotatable bonds is 7. The van der Waals surface area contributed by atoms with Gasteiger partial charge < -0.3 is 15.5 Å². The first-order valence-electron chi connectivity index (χ1n) is 8.89. The van der Waals surface area contributed by atoms with Gasteiger partial charge in [0.2, 0.25) is 0 Å². The van der Waals surface area contributed by atoms with E-state index in [1.807, 2.05) is 24.4 Å². The molecule has 6 heteroatoms. The van der Waals surface area contributed by atoms with Gasteiger partial charge in [0, 0.05) is 32.9 Å². The predicted octanol–water partition coefficient (Wildman–Crippen LogP) is 3.97. The molecule has 0 saturated carbocycles. The molecule has 0 aliphatic carbocycles. The number of hydrogen-bond donors (Lipinski definition) is 2. The molecule has 26 heavy (non-hydrogen) atoms. The number of anilines is 1. The summed E-state index contributed by atoms with van der Waals surface area (Å²) in [6.45, 7) is 9.04. The van der Waals surface area contributed by atoms with Crippen molar-refractivity contribution in [2.45, 2.75) is 33.4 Å². The Morgan fingerprint density at radius 2 is 1.81 bits per heavy atom. The van der Waals surface area contributed by atoms with Crippen LogP contribution in [0.1, 0.15) is 37.9 Å². The van der Waals surface area contributed by atoms with E-state index < -0.39 is 0 Å². The van der Waals surface area contributed by atoms with E-state index in [4.69, 9.17) is 0 Å². The normalized spacial score (nSPS) is 12.1. The minimum atomic E-state index is 0. The quantitative estimate of drug-likeness (QED) is 0.368. The number of pyridine rings is 1. The minimum Gasteiger partial charge on any atom is -0.357 e. The maximum atomic E-state index is 4.56. The number of halogens is 1. The molecular weight excluding hydrogens is 437 g/mol. The molecule has 1 atom stereocenters. The van der Waals surface area contributed by atoms with E-state index in [1.165, 1.54) is 5.56 Å². The van der Waals surface area contributed by atoms with Gasteiger partial charge in [-0.3, -0.25) is 4.99 Å². The molecule has 0 bridgehead atoms.